The maximum atomic E-state index is 13.8. The molecule has 0 saturated carbocycles. The Morgan fingerprint density at radius 3 is 2.63 bits per heavy atom. The van der Waals surface area contributed by atoms with Crippen molar-refractivity contribution in [2.45, 2.75) is 25.6 Å². The van der Waals surface area contributed by atoms with E-state index >= 15 is 0 Å². The van der Waals surface area contributed by atoms with Crippen LogP contribution in [0, 0.1) is 0 Å². The fraction of sp³-hybridized carbons (Fsp3) is 0.154. The standard InChI is InChI=1S/C26H23ClN6O2/c1-17(34)26(19-5-4-6-20(27)13-19)33(21-11-9-18(10-12-21)23-14-28-16-29-23)25(35)15-32-24-8-3-2-7-22(24)30-31-32/h2-14,16-17,26,34H,15H2,1H3,(H,28,29). The highest BCUT2D eigenvalue weighted by atomic mass is 35.5. The normalized spacial score (nSPS) is 13.0. The van der Waals surface area contributed by atoms with E-state index in [0.717, 1.165) is 22.3 Å². The summed E-state index contributed by atoms with van der Waals surface area (Å²) in [6, 6.07) is 21.5. The van der Waals surface area contributed by atoms with Gasteiger partial charge < -0.3 is 15.0 Å². The number of carbonyl (C=O) groups is 1. The minimum Gasteiger partial charge on any atom is -0.391 e. The van der Waals surface area contributed by atoms with Crippen LogP contribution in [0.15, 0.2) is 85.3 Å². The van der Waals surface area contributed by atoms with E-state index in [1.807, 2.05) is 60.7 Å². The molecule has 2 heterocycles. The van der Waals surface area contributed by atoms with Gasteiger partial charge in [-0.25, -0.2) is 9.67 Å². The van der Waals surface area contributed by atoms with Gasteiger partial charge in [0.25, 0.3) is 0 Å². The maximum absolute atomic E-state index is 13.8. The molecule has 2 N–H and O–H groups in total. The first-order chi connectivity index (χ1) is 17.0. The van der Waals surface area contributed by atoms with Gasteiger partial charge in [0.2, 0.25) is 5.91 Å². The monoisotopic (exact) mass is 486 g/mol. The van der Waals surface area contributed by atoms with Crippen molar-refractivity contribution in [3.05, 3.63) is 95.9 Å². The number of nitrogens with one attached hydrogen (secondary N) is 1. The average Bonchev–Trinajstić information content (AvgIpc) is 3.53. The number of aliphatic hydroxyl groups is 1. The number of nitrogens with zero attached hydrogens (tertiary/aromatic N) is 5. The Morgan fingerprint density at radius 1 is 1.11 bits per heavy atom. The number of carbonyl (C=O) groups excluding carboxylic acids is 1. The summed E-state index contributed by atoms with van der Waals surface area (Å²) in [7, 11) is 0. The molecule has 0 aliphatic carbocycles. The number of imidazole rings is 1. The van der Waals surface area contributed by atoms with Gasteiger partial charge in [-0.1, -0.05) is 53.2 Å². The third-order valence-electron chi connectivity index (χ3n) is 5.85. The van der Waals surface area contributed by atoms with Crippen LogP contribution in [-0.2, 0) is 11.3 Å². The molecule has 0 radical (unpaired) electrons. The molecule has 2 aromatic heterocycles. The summed E-state index contributed by atoms with van der Waals surface area (Å²) in [5, 5.41) is 19.7. The van der Waals surface area contributed by atoms with Crippen molar-refractivity contribution >= 4 is 34.2 Å². The number of H-pyrrole nitrogens is 1. The van der Waals surface area contributed by atoms with Crippen LogP contribution in [0.1, 0.15) is 18.5 Å². The van der Waals surface area contributed by atoms with Crippen molar-refractivity contribution in [1.82, 2.24) is 25.0 Å². The van der Waals surface area contributed by atoms with Crippen LogP contribution in [0.5, 0.6) is 0 Å². The Kier molecular flexibility index (Phi) is 6.31. The highest BCUT2D eigenvalue weighted by Gasteiger charge is 2.31. The van der Waals surface area contributed by atoms with E-state index in [4.69, 9.17) is 11.6 Å². The molecule has 176 valence electrons. The van der Waals surface area contributed by atoms with Gasteiger partial charge in [-0.15, -0.1) is 5.10 Å². The fourth-order valence-corrected chi connectivity index (χ4v) is 4.45. The number of fused-ring (bicyclic) bond motifs is 1. The molecule has 8 nitrogen and oxygen atoms in total. The average molecular weight is 487 g/mol. The third kappa shape index (κ3) is 4.66. The second-order valence-electron chi connectivity index (χ2n) is 8.25. The summed E-state index contributed by atoms with van der Waals surface area (Å²) in [6.07, 6.45) is 2.47. The quantitative estimate of drug-likeness (QED) is 0.349. The smallest absolute Gasteiger partial charge is 0.249 e. The molecule has 1 amide bonds. The summed E-state index contributed by atoms with van der Waals surface area (Å²) in [6.45, 7) is 1.61. The van der Waals surface area contributed by atoms with E-state index in [9.17, 15) is 9.90 Å². The van der Waals surface area contributed by atoms with Gasteiger partial charge in [-0.05, 0) is 54.4 Å². The topological polar surface area (TPSA) is 99.9 Å². The van der Waals surface area contributed by atoms with Crippen molar-refractivity contribution in [2.75, 3.05) is 4.90 Å². The lowest BCUT2D eigenvalue weighted by molar-refractivity contribution is -0.120. The predicted molar refractivity (Wildman–Crippen MR) is 135 cm³/mol. The first-order valence-corrected chi connectivity index (χ1v) is 11.5. The van der Waals surface area contributed by atoms with E-state index in [2.05, 4.69) is 20.3 Å². The molecule has 5 rings (SSSR count). The molecule has 0 spiro atoms. The molecule has 0 saturated heterocycles. The summed E-state index contributed by atoms with van der Waals surface area (Å²) in [5.74, 6) is -0.249. The number of aromatic amines is 1. The van der Waals surface area contributed by atoms with Crippen molar-refractivity contribution in [3.63, 3.8) is 0 Å². The zero-order valence-corrected chi connectivity index (χ0v) is 19.7. The fourth-order valence-electron chi connectivity index (χ4n) is 4.25. The zero-order valence-electron chi connectivity index (χ0n) is 18.9. The summed E-state index contributed by atoms with van der Waals surface area (Å²) in [4.78, 5) is 22.6. The van der Waals surface area contributed by atoms with E-state index in [0.29, 0.717) is 16.2 Å². The Hall–Kier alpha value is -4.01. The van der Waals surface area contributed by atoms with Crippen LogP contribution < -0.4 is 4.90 Å². The number of aliphatic hydroxyl groups excluding tert-OH is 1. The molecule has 3 aromatic carbocycles. The van der Waals surface area contributed by atoms with E-state index in [1.165, 1.54) is 0 Å². The van der Waals surface area contributed by atoms with Gasteiger partial charge in [-0.2, -0.15) is 0 Å². The molecule has 2 atom stereocenters. The number of amides is 1. The van der Waals surface area contributed by atoms with E-state index in [-0.39, 0.29) is 12.5 Å². The van der Waals surface area contributed by atoms with Gasteiger partial charge in [0.05, 0.1) is 35.9 Å². The molecule has 35 heavy (non-hydrogen) atoms. The molecular formula is C26H23ClN6O2. The Bertz CT molecular complexity index is 1450. The summed E-state index contributed by atoms with van der Waals surface area (Å²) >= 11 is 6.27. The van der Waals surface area contributed by atoms with Crippen molar-refractivity contribution in [1.29, 1.82) is 0 Å². The Balaban J connectivity index is 1.56. The number of benzene rings is 3. The number of halogens is 1. The first kappa shape index (κ1) is 22.8. The van der Waals surface area contributed by atoms with Gasteiger partial charge in [0.15, 0.2) is 0 Å². The van der Waals surface area contributed by atoms with Crippen LogP contribution >= 0.6 is 11.6 Å². The van der Waals surface area contributed by atoms with Gasteiger partial charge in [-0.3, -0.25) is 4.79 Å². The van der Waals surface area contributed by atoms with Crippen molar-refractivity contribution in [2.24, 2.45) is 0 Å². The molecule has 9 heteroatoms. The van der Waals surface area contributed by atoms with Crippen LogP contribution in [0.2, 0.25) is 5.02 Å². The molecule has 0 bridgehead atoms. The second-order valence-corrected chi connectivity index (χ2v) is 8.69. The molecule has 0 aliphatic heterocycles. The lowest BCUT2D eigenvalue weighted by atomic mass is 9.99. The van der Waals surface area contributed by atoms with Crippen molar-refractivity contribution in [3.8, 4) is 11.3 Å². The number of hydrogen-bond acceptors (Lipinski definition) is 5. The first-order valence-electron chi connectivity index (χ1n) is 11.1. The number of anilines is 1. The molecule has 5 aromatic rings. The SMILES string of the molecule is CC(O)C(c1cccc(Cl)c1)N(C(=O)Cn1nnc2ccccc21)c1ccc(-c2cnc[nH]2)cc1. The minimum atomic E-state index is -0.878. The van der Waals surface area contributed by atoms with Crippen molar-refractivity contribution < 1.29 is 9.90 Å². The van der Waals surface area contributed by atoms with Crippen LogP contribution in [0.25, 0.3) is 22.3 Å². The Labute approximate surface area is 206 Å². The largest absolute Gasteiger partial charge is 0.391 e. The molecule has 0 aliphatic rings. The summed E-state index contributed by atoms with van der Waals surface area (Å²) < 4.78 is 1.57. The van der Waals surface area contributed by atoms with Gasteiger partial charge in [0, 0.05) is 10.7 Å². The number of para-hydroxylation sites is 1. The predicted octanol–water partition coefficient (Wildman–Crippen LogP) is 4.63. The number of rotatable bonds is 7. The summed E-state index contributed by atoms with van der Waals surface area (Å²) in [5.41, 5.74) is 4.61. The number of hydrogen-bond donors (Lipinski definition) is 2. The van der Waals surface area contributed by atoms with Gasteiger partial charge >= 0.3 is 0 Å². The lowest BCUT2D eigenvalue weighted by Gasteiger charge is -2.34. The van der Waals surface area contributed by atoms with Gasteiger partial charge in [0.1, 0.15) is 12.1 Å². The maximum Gasteiger partial charge on any atom is 0.249 e. The highest BCUT2D eigenvalue weighted by Crippen LogP contribution is 2.33. The Morgan fingerprint density at radius 2 is 1.91 bits per heavy atom. The molecule has 2 unspecified atom stereocenters. The number of aromatic nitrogens is 5. The van der Waals surface area contributed by atoms with Crippen LogP contribution in [-0.4, -0.2) is 42.1 Å². The van der Waals surface area contributed by atoms with Crippen LogP contribution in [0.4, 0.5) is 5.69 Å². The second kappa shape index (κ2) is 9.69. The molecule has 0 fully saturated rings. The van der Waals surface area contributed by atoms with Crippen LogP contribution in [0.3, 0.4) is 0 Å². The highest BCUT2D eigenvalue weighted by molar-refractivity contribution is 6.30. The third-order valence-corrected chi connectivity index (χ3v) is 6.09. The minimum absolute atomic E-state index is 0.0490. The van der Waals surface area contributed by atoms with E-state index in [1.54, 1.807) is 41.2 Å². The lowest BCUT2D eigenvalue weighted by Crippen LogP contribution is -2.42. The molecular weight excluding hydrogens is 464 g/mol. The zero-order chi connectivity index (χ0) is 24.4. The van der Waals surface area contributed by atoms with E-state index < -0.39 is 12.1 Å².